The van der Waals surface area contributed by atoms with Gasteiger partial charge in [0.1, 0.15) is 5.75 Å². The van der Waals surface area contributed by atoms with Gasteiger partial charge in [-0.25, -0.2) is 4.79 Å². The fourth-order valence-electron chi connectivity index (χ4n) is 1.70. The van der Waals surface area contributed by atoms with Crippen LogP contribution in [0.1, 0.15) is 19.4 Å². The molecule has 0 radical (unpaired) electrons. The molecule has 0 heterocycles. The Hall–Kier alpha value is -2.43. The maximum absolute atomic E-state index is 12.4. The van der Waals surface area contributed by atoms with Crippen molar-refractivity contribution in [2.24, 2.45) is 5.73 Å². The van der Waals surface area contributed by atoms with Gasteiger partial charge in [0, 0.05) is 16.9 Å². The molecule has 0 aromatic heterocycles. The van der Waals surface area contributed by atoms with Gasteiger partial charge in [0.15, 0.2) is 0 Å². The Kier molecular flexibility index (Phi) is 5.71. The number of alkyl halides is 3. The summed E-state index contributed by atoms with van der Waals surface area (Å²) in [5.74, 6) is -1.40. The summed E-state index contributed by atoms with van der Waals surface area (Å²) in [6.45, 7) is 2.84. The third-order valence-corrected chi connectivity index (χ3v) is 3.81. The Balaban J connectivity index is 3.38. The Morgan fingerprint density at radius 3 is 2.42 bits per heavy atom. The van der Waals surface area contributed by atoms with Gasteiger partial charge in [0.05, 0.1) is 12.2 Å². The number of nitrogens with two attached hydrogens (primary N) is 1. The lowest BCUT2D eigenvalue weighted by Crippen LogP contribution is -2.29. The second kappa shape index (κ2) is 6.99. The number of carbonyl (C=O) groups is 1. The van der Waals surface area contributed by atoms with E-state index >= 15 is 0 Å². The number of halogens is 3. The lowest BCUT2D eigenvalue weighted by molar-refractivity contribution is -0.136. The number of hydrogen-bond acceptors (Lipinski definition) is 6. The third kappa shape index (κ3) is 4.31. The number of rotatable bonds is 5. The van der Waals surface area contributed by atoms with Crippen LogP contribution in [0, 0.1) is 0 Å². The van der Waals surface area contributed by atoms with Gasteiger partial charge in [-0.3, -0.25) is 4.72 Å². The number of nitrogens with one attached hydrogen (secondary N) is 1. The average Bonchev–Trinajstić information content (AvgIpc) is 2.40. The van der Waals surface area contributed by atoms with Gasteiger partial charge in [-0.2, -0.15) is 21.6 Å². The molecule has 0 saturated heterocycles. The smallest absolute Gasteiger partial charge is 0.507 e. The van der Waals surface area contributed by atoms with Crippen molar-refractivity contribution in [3.8, 4) is 5.75 Å². The molecular weight excluding hydrogens is 353 g/mol. The molecular formula is C13H15F3N2O5S. The topological polar surface area (TPSA) is 119 Å². The summed E-state index contributed by atoms with van der Waals surface area (Å²) >= 11 is 0. The van der Waals surface area contributed by atoms with Crippen molar-refractivity contribution in [3.63, 3.8) is 0 Å². The van der Waals surface area contributed by atoms with Crippen LogP contribution < -0.4 is 10.5 Å². The van der Waals surface area contributed by atoms with Gasteiger partial charge in [-0.15, -0.1) is 0 Å². The maximum Gasteiger partial charge on any atom is 0.516 e. The second-order valence-corrected chi connectivity index (χ2v) is 6.24. The summed E-state index contributed by atoms with van der Waals surface area (Å²) in [5, 5.41) is 9.83. The normalized spacial score (nSPS) is 13.2. The highest BCUT2D eigenvalue weighted by molar-refractivity contribution is 7.93. The first-order chi connectivity index (χ1) is 10.9. The molecule has 1 rings (SSSR count). The SMILES string of the molecule is CCOC(=O)C(=C(C)N)c1cc(NS(=O)(=O)C(F)(F)F)ccc1O. The highest BCUT2D eigenvalue weighted by atomic mass is 32.2. The van der Waals surface area contributed by atoms with Gasteiger partial charge in [0.25, 0.3) is 0 Å². The number of esters is 1. The monoisotopic (exact) mass is 368 g/mol. The molecule has 0 aliphatic rings. The van der Waals surface area contributed by atoms with Crippen LogP contribution in [0.15, 0.2) is 23.9 Å². The highest BCUT2D eigenvalue weighted by Gasteiger charge is 2.46. The quantitative estimate of drug-likeness (QED) is 0.415. The van der Waals surface area contributed by atoms with E-state index in [1.165, 1.54) is 18.6 Å². The number of phenolic OH excluding ortho intramolecular Hbond substituents is 1. The largest absolute Gasteiger partial charge is 0.516 e. The summed E-state index contributed by atoms with van der Waals surface area (Å²) in [6.07, 6.45) is 0. The van der Waals surface area contributed by atoms with Gasteiger partial charge >= 0.3 is 21.5 Å². The molecule has 0 atom stereocenters. The lowest BCUT2D eigenvalue weighted by atomic mass is 10.0. The van der Waals surface area contributed by atoms with Gasteiger partial charge in [-0.05, 0) is 32.0 Å². The van der Waals surface area contributed by atoms with Crippen molar-refractivity contribution in [3.05, 3.63) is 29.5 Å². The minimum Gasteiger partial charge on any atom is -0.507 e. The number of benzene rings is 1. The maximum atomic E-state index is 12.4. The number of hydrogen-bond donors (Lipinski definition) is 3. The summed E-state index contributed by atoms with van der Waals surface area (Å²) in [5.41, 5.74) is -1.09. The Labute approximate surface area is 136 Å². The Morgan fingerprint density at radius 1 is 1.38 bits per heavy atom. The van der Waals surface area contributed by atoms with E-state index in [4.69, 9.17) is 10.5 Å². The third-order valence-electron chi connectivity index (χ3n) is 2.70. The molecule has 0 aliphatic carbocycles. The molecule has 0 unspecified atom stereocenters. The van der Waals surface area contributed by atoms with Crippen molar-refractivity contribution in [2.45, 2.75) is 19.4 Å². The average molecular weight is 368 g/mol. The molecule has 1 aromatic rings. The van der Waals surface area contributed by atoms with E-state index < -0.39 is 32.9 Å². The molecule has 0 fully saturated rings. The highest BCUT2D eigenvalue weighted by Crippen LogP contribution is 2.32. The van der Waals surface area contributed by atoms with E-state index in [0.717, 1.165) is 18.2 Å². The van der Waals surface area contributed by atoms with E-state index in [1.807, 2.05) is 0 Å². The van der Waals surface area contributed by atoms with Crippen LogP contribution in [0.4, 0.5) is 18.9 Å². The fraction of sp³-hybridized carbons (Fsp3) is 0.308. The lowest BCUT2D eigenvalue weighted by Gasteiger charge is -2.14. The molecule has 7 nitrogen and oxygen atoms in total. The number of carbonyl (C=O) groups excluding carboxylic acids is 1. The zero-order valence-electron chi connectivity index (χ0n) is 12.6. The van der Waals surface area contributed by atoms with E-state index in [9.17, 15) is 31.5 Å². The summed E-state index contributed by atoms with van der Waals surface area (Å²) in [6, 6.07) is 2.67. The van der Waals surface area contributed by atoms with Crippen molar-refractivity contribution >= 4 is 27.3 Å². The number of sulfonamides is 1. The van der Waals surface area contributed by atoms with E-state index in [2.05, 4.69) is 0 Å². The van der Waals surface area contributed by atoms with Crippen LogP contribution in [-0.4, -0.2) is 31.6 Å². The first-order valence-corrected chi connectivity index (χ1v) is 7.95. The molecule has 0 bridgehead atoms. The first kappa shape index (κ1) is 19.6. The molecule has 0 saturated carbocycles. The van der Waals surface area contributed by atoms with E-state index in [1.54, 1.807) is 0 Å². The van der Waals surface area contributed by atoms with E-state index in [-0.39, 0.29) is 23.4 Å². The van der Waals surface area contributed by atoms with Crippen LogP contribution in [0.5, 0.6) is 5.75 Å². The molecule has 11 heteroatoms. The number of ether oxygens (including phenoxy) is 1. The zero-order chi connectivity index (χ0) is 18.7. The fourth-order valence-corrected chi connectivity index (χ4v) is 2.25. The number of aromatic hydroxyl groups is 1. The molecule has 0 spiro atoms. The van der Waals surface area contributed by atoms with Crippen molar-refractivity contribution in [2.75, 3.05) is 11.3 Å². The Bertz CT molecular complexity index is 768. The van der Waals surface area contributed by atoms with Crippen LogP contribution in [0.3, 0.4) is 0 Å². The molecule has 0 amide bonds. The van der Waals surface area contributed by atoms with Crippen LogP contribution in [0.25, 0.3) is 5.57 Å². The van der Waals surface area contributed by atoms with Crippen LogP contribution in [0.2, 0.25) is 0 Å². The predicted octanol–water partition coefficient (Wildman–Crippen LogP) is 1.91. The predicted molar refractivity (Wildman–Crippen MR) is 80.1 cm³/mol. The van der Waals surface area contributed by atoms with E-state index in [0.29, 0.717) is 0 Å². The molecule has 134 valence electrons. The minimum absolute atomic E-state index is 0.00321. The standard InChI is InChI=1S/C13H15F3N2O5S/c1-3-23-12(20)11(7(2)17)9-6-8(4-5-10(9)19)18-24(21,22)13(14,15)16/h4-6,18-19H,3,17H2,1-2H3. The van der Waals surface area contributed by atoms with Gasteiger partial charge in [0.2, 0.25) is 0 Å². The molecule has 24 heavy (non-hydrogen) atoms. The summed E-state index contributed by atoms with van der Waals surface area (Å²) in [7, 11) is -5.65. The first-order valence-electron chi connectivity index (χ1n) is 6.46. The van der Waals surface area contributed by atoms with Crippen molar-refractivity contribution < 1.29 is 36.2 Å². The molecule has 4 N–H and O–H groups in total. The number of allylic oxidation sites excluding steroid dienone is 1. The number of phenols is 1. The van der Waals surface area contributed by atoms with Crippen molar-refractivity contribution in [1.82, 2.24) is 0 Å². The Morgan fingerprint density at radius 2 is 1.96 bits per heavy atom. The molecule has 0 aliphatic heterocycles. The minimum atomic E-state index is -5.65. The van der Waals surface area contributed by atoms with Gasteiger partial charge < -0.3 is 15.6 Å². The van der Waals surface area contributed by atoms with Gasteiger partial charge in [-0.1, -0.05) is 0 Å². The van der Waals surface area contributed by atoms with Crippen molar-refractivity contribution in [1.29, 1.82) is 0 Å². The van der Waals surface area contributed by atoms with Crippen LogP contribution in [-0.2, 0) is 19.6 Å². The second-order valence-electron chi connectivity index (χ2n) is 4.56. The number of anilines is 1. The summed E-state index contributed by atoms with van der Waals surface area (Å²) < 4.78 is 65.6. The molecule has 1 aromatic carbocycles. The van der Waals surface area contributed by atoms with Crippen LogP contribution >= 0.6 is 0 Å². The zero-order valence-corrected chi connectivity index (χ0v) is 13.5. The summed E-state index contributed by atoms with van der Waals surface area (Å²) in [4.78, 5) is 11.9.